The number of fused-ring (bicyclic) bond motifs is 1. The molecule has 1 amide bonds. The summed E-state index contributed by atoms with van der Waals surface area (Å²) in [5.74, 6) is 0.757. The van der Waals surface area contributed by atoms with E-state index in [0.29, 0.717) is 24.5 Å². The van der Waals surface area contributed by atoms with Gasteiger partial charge in [0.25, 0.3) is 0 Å². The summed E-state index contributed by atoms with van der Waals surface area (Å²) >= 11 is 0. The maximum atomic E-state index is 12.1. The molecule has 26 heavy (non-hydrogen) atoms. The van der Waals surface area contributed by atoms with Crippen LogP contribution in [-0.4, -0.2) is 25.0 Å². The number of amides is 1. The predicted molar refractivity (Wildman–Crippen MR) is 97.6 cm³/mol. The van der Waals surface area contributed by atoms with E-state index >= 15 is 0 Å². The predicted octanol–water partition coefficient (Wildman–Crippen LogP) is 3.29. The Morgan fingerprint density at radius 2 is 1.85 bits per heavy atom. The van der Waals surface area contributed by atoms with Crippen molar-refractivity contribution in [3.63, 3.8) is 0 Å². The summed E-state index contributed by atoms with van der Waals surface area (Å²) in [7, 11) is 0. The summed E-state index contributed by atoms with van der Waals surface area (Å²) in [6.07, 6.45) is 4.79. The summed E-state index contributed by atoms with van der Waals surface area (Å²) < 4.78 is 10.9. The first-order valence-corrected chi connectivity index (χ1v) is 9.05. The lowest BCUT2D eigenvalue weighted by Gasteiger charge is -2.16. The van der Waals surface area contributed by atoms with Gasteiger partial charge in [0.05, 0.1) is 0 Å². The second-order valence-electron chi connectivity index (χ2n) is 6.69. The highest BCUT2D eigenvalue weighted by molar-refractivity contribution is 5.95. The van der Waals surface area contributed by atoms with Gasteiger partial charge in [0.15, 0.2) is 6.61 Å². The third-order valence-corrected chi connectivity index (χ3v) is 4.86. The third kappa shape index (κ3) is 3.57. The van der Waals surface area contributed by atoms with Gasteiger partial charge in [-0.25, -0.2) is 4.79 Å². The van der Waals surface area contributed by atoms with Crippen LogP contribution in [0.1, 0.15) is 30.4 Å². The fraction of sp³-hybridized carbons (Fsp3) is 0.333. The molecule has 2 aliphatic rings. The maximum absolute atomic E-state index is 12.1. The maximum Gasteiger partial charge on any atom is 0.349 e. The molecule has 4 rings (SSSR count). The van der Waals surface area contributed by atoms with E-state index in [1.54, 1.807) is 23.1 Å². The normalized spacial score (nSPS) is 15.8. The number of hydrogen-bond acceptors (Lipinski definition) is 4. The number of aryl methyl sites for hydroxylation is 2. The van der Waals surface area contributed by atoms with Gasteiger partial charge in [0.2, 0.25) is 5.91 Å². The number of nitrogens with zero attached hydrogens (tertiary/aromatic N) is 1. The highest BCUT2D eigenvalue weighted by atomic mass is 16.6. The molecule has 1 saturated heterocycles. The highest BCUT2D eigenvalue weighted by Gasteiger charge is 2.22. The monoisotopic (exact) mass is 351 g/mol. The number of benzene rings is 2. The van der Waals surface area contributed by atoms with Gasteiger partial charge in [-0.05, 0) is 61.1 Å². The Bertz CT molecular complexity index is 846. The first-order valence-electron chi connectivity index (χ1n) is 9.05. The first kappa shape index (κ1) is 16.6. The molecule has 1 aliphatic heterocycles. The Balaban J connectivity index is 1.35. The van der Waals surface area contributed by atoms with E-state index in [2.05, 4.69) is 6.07 Å². The molecule has 0 atom stereocenters. The second-order valence-corrected chi connectivity index (χ2v) is 6.69. The van der Waals surface area contributed by atoms with E-state index in [4.69, 9.17) is 9.47 Å². The van der Waals surface area contributed by atoms with Gasteiger partial charge in [0, 0.05) is 24.7 Å². The summed E-state index contributed by atoms with van der Waals surface area (Å²) in [6, 6.07) is 13.0. The zero-order valence-corrected chi connectivity index (χ0v) is 14.6. The van der Waals surface area contributed by atoms with Crippen LogP contribution in [0.5, 0.6) is 11.5 Å². The molecule has 0 bridgehead atoms. The van der Waals surface area contributed by atoms with E-state index in [1.165, 1.54) is 17.5 Å². The van der Waals surface area contributed by atoms with E-state index in [0.717, 1.165) is 24.9 Å². The fourth-order valence-electron chi connectivity index (χ4n) is 3.58. The Hall–Kier alpha value is -2.82. The van der Waals surface area contributed by atoms with E-state index < -0.39 is 5.97 Å². The zero-order valence-electron chi connectivity index (χ0n) is 14.6. The lowest BCUT2D eigenvalue weighted by molar-refractivity contribution is -0.136. The summed E-state index contributed by atoms with van der Waals surface area (Å²) in [4.78, 5) is 25.7. The van der Waals surface area contributed by atoms with Crippen molar-refractivity contribution in [3.8, 4) is 11.5 Å². The largest absolute Gasteiger partial charge is 0.482 e. The standard InChI is InChI=1S/C21H21NO4/c23-20-8-3-11-22(20)17-6-2-7-19(13-17)26-21(24)14-25-18-10-9-15-4-1-5-16(15)12-18/h2,6-7,9-10,12-13H,1,3-5,8,11,14H2. The average Bonchev–Trinajstić information content (AvgIpc) is 3.28. The number of ether oxygens (including phenoxy) is 2. The van der Waals surface area contributed by atoms with Crippen LogP contribution in [0.4, 0.5) is 5.69 Å². The van der Waals surface area contributed by atoms with E-state index in [9.17, 15) is 9.59 Å². The Morgan fingerprint density at radius 1 is 0.962 bits per heavy atom. The van der Waals surface area contributed by atoms with Gasteiger partial charge >= 0.3 is 5.97 Å². The number of esters is 1. The van der Waals surface area contributed by atoms with Crippen LogP contribution in [0.25, 0.3) is 0 Å². The molecule has 0 spiro atoms. The van der Waals surface area contributed by atoms with Crippen LogP contribution in [0.15, 0.2) is 42.5 Å². The molecule has 0 unspecified atom stereocenters. The van der Waals surface area contributed by atoms with Gasteiger partial charge in [-0.3, -0.25) is 4.79 Å². The van der Waals surface area contributed by atoms with Gasteiger partial charge in [0.1, 0.15) is 11.5 Å². The molecule has 0 aromatic heterocycles. The van der Waals surface area contributed by atoms with Crippen LogP contribution in [0.2, 0.25) is 0 Å². The Labute approximate surface area is 152 Å². The minimum absolute atomic E-state index is 0.105. The van der Waals surface area contributed by atoms with Crippen molar-refractivity contribution in [3.05, 3.63) is 53.6 Å². The molecule has 1 aliphatic carbocycles. The van der Waals surface area contributed by atoms with E-state index in [-0.39, 0.29) is 12.5 Å². The van der Waals surface area contributed by atoms with Crippen molar-refractivity contribution in [2.45, 2.75) is 32.1 Å². The molecular weight excluding hydrogens is 330 g/mol. The molecule has 2 aromatic carbocycles. The molecule has 0 radical (unpaired) electrons. The Kier molecular flexibility index (Phi) is 4.61. The number of hydrogen-bond donors (Lipinski definition) is 0. The molecule has 0 saturated carbocycles. The number of rotatable bonds is 5. The summed E-state index contributed by atoms with van der Waals surface area (Å²) in [6.45, 7) is 0.559. The summed E-state index contributed by atoms with van der Waals surface area (Å²) in [5.41, 5.74) is 3.43. The van der Waals surface area contributed by atoms with Crippen molar-refractivity contribution >= 4 is 17.6 Å². The molecule has 5 heteroatoms. The van der Waals surface area contributed by atoms with Gasteiger partial charge < -0.3 is 14.4 Å². The number of carbonyl (C=O) groups excluding carboxylic acids is 2. The van der Waals surface area contributed by atoms with Crippen LogP contribution in [0, 0.1) is 0 Å². The summed E-state index contributed by atoms with van der Waals surface area (Å²) in [5, 5.41) is 0. The molecule has 1 fully saturated rings. The third-order valence-electron chi connectivity index (χ3n) is 4.86. The molecular formula is C21H21NO4. The van der Waals surface area contributed by atoms with E-state index in [1.807, 2.05) is 18.2 Å². The van der Waals surface area contributed by atoms with Crippen molar-refractivity contribution in [2.24, 2.45) is 0 Å². The first-order chi connectivity index (χ1) is 12.7. The quantitative estimate of drug-likeness (QED) is 0.613. The van der Waals surface area contributed by atoms with Gasteiger partial charge in [-0.2, -0.15) is 0 Å². The average molecular weight is 351 g/mol. The van der Waals surface area contributed by atoms with Crippen LogP contribution in [-0.2, 0) is 22.4 Å². The molecule has 0 N–H and O–H groups in total. The fourth-order valence-corrected chi connectivity index (χ4v) is 3.58. The van der Waals surface area contributed by atoms with Crippen LogP contribution in [0.3, 0.4) is 0 Å². The van der Waals surface area contributed by atoms with Gasteiger partial charge in [-0.15, -0.1) is 0 Å². The zero-order chi connectivity index (χ0) is 17.9. The number of anilines is 1. The minimum Gasteiger partial charge on any atom is -0.482 e. The van der Waals surface area contributed by atoms with Crippen molar-refractivity contribution < 1.29 is 19.1 Å². The molecule has 2 aromatic rings. The lowest BCUT2D eigenvalue weighted by atomic mass is 10.1. The van der Waals surface area contributed by atoms with Crippen LogP contribution < -0.4 is 14.4 Å². The van der Waals surface area contributed by atoms with Gasteiger partial charge in [-0.1, -0.05) is 12.1 Å². The molecule has 5 nitrogen and oxygen atoms in total. The second kappa shape index (κ2) is 7.20. The Morgan fingerprint density at radius 3 is 2.69 bits per heavy atom. The van der Waals surface area contributed by atoms with Crippen molar-refractivity contribution in [1.82, 2.24) is 0 Å². The lowest BCUT2D eigenvalue weighted by Crippen LogP contribution is -2.23. The van der Waals surface area contributed by atoms with Crippen molar-refractivity contribution in [1.29, 1.82) is 0 Å². The minimum atomic E-state index is -0.463. The molecule has 1 heterocycles. The smallest absolute Gasteiger partial charge is 0.349 e. The SMILES string of the molecule is O=C(COc1ccc2c(c1)CCC2)Oc1cccc(N2CCCC2=O)c1. The van der Waals surface area contributed by atoms with Crippen LogP contribution >= 0.6 is 0 Å². The highest BCUT2D eigenvalue weighted by Crippen LogP contribution is 2.27. The number of carbonyl (C=O) groups is 2. The van der Waals surface area contributed by atoms with Crippen molar-refractivity contribution in [2.75, 3.05) is 18.1 Å². The topological polar surface area (TPSA) is 55.8 Å². The molecule has 134 valence electrons.